The van der Waals surface area contributed by atoms with E-state index in [-0.39, 0.29) is 16.6 Å². The molecule has 1 aromatic carbocycles. The Morgan fingerprint density at radius 3 is 2.75 bits per heavy atom. The van der Waals surface area contributed by atoms with E-state index in [2.05, 4.69) is 10.3 Å². The number of ether oxygens (including phenoxy) is 1. The maximum Gasteiger partial charge on any atom is 0.274 e. The number of carbonyl (C=O) groups is 1. The highest BCUT2D eigenvalue weighted by molar-refractivity contribution is 7.80. The highest BCUT2D eigenvalue weighted by atomic mass is 32.1. The van der Waals surface area contributed by atoms with Gasteiger partial charge in [0.25, 0.3) is 5.91 Å². The van der Waals surface area contributed by atoms with Crippen molar-refractivity contribution in [1.29, 1.82) is 0 Å². The second-order valence-corrected chi connectivity index (χ2v) is 4.42. The van der Waals surface area contributed by atoms with Crippen LogP contribution in [0.15, 0.2) is 42.6 Å². The van der Waals surface area contributed by atoms with Gasteiger partial charge in [-0.15, -0.1) is 0 Å². The number of thiocarbonyl (C=S) groups is 1. The highest BCUT2D eigenvalue weighted by Crippen LogP contribution is 2.17. The van der Waals surface area contributed by atoms with E-state index in [0.29, 0.717) is 17.0 Å². The second-order valence-electron chi connectivity index (χ2n) is 3.98. The first kappa shape index (κ1) is 14.0. The van der Waals surface area contributed by atoms with Crippen LogP contribution in [0.4, 0.5) is 5.69 Å². The first-order valence-corrected chi connectivity index (χ1v) is 6.22. The number of nitrogens with one attached hydrogen (secondary N) is 1. The molecule has 0 unspecified atom stereocenters. The Bertz CT molecular complexity index is 641. The Balaban J connectivity index is 2.13. The molecule has 20 heavy (non-hydrogen) atoms. The van der Waals surface area contributed by atoms with Crippen molar-refractivity contribution in [2.45, 2.75) is 0 Å². The van der Waals surface area contributed by atoms with Crippen LogP contribution in [0.25, 0.3) is 0 Å². The fourth-order valence-electron chi connectivity index (χ4n) is 1.57. The van der Waals surface area contributed by atoms with Crippen LogP contribution >= 0.6 is 12.2 Å². The summed E-state index contributed by atoms with van der Waals surface area (Å²) in [6, 6.07) is 10.3. The van der Waals surface area contributed by atoms with E-state index in [0.717, 1.165) is 0 Å². The summed E-state index contributed by atoms with van der Waals surface area (Å²) in [6.07, 6.45) is 1.48. The third-order valence-electron chi connectivity index (χ3n) is 2.61. The fourth-order valence-corrected chi connectivity index (χ4v) is 1.69. The SMILES string of the molecule is COc1cccc(NC(=O)c2ccc(C(N)=S)cn2)c1. The topological polar surface area (TPSA) is 77.2 Å². The Hall–Kier alpha value is -2.47. The van der Waals surface area contributed by atoms with Gasteiger partial charge in [-0.25, -0.2) is 0 Å². The van der Waals surface area contributed by atoms with E-state index >= 15 is 0 Å². The third kappa shape index (κ3) is 3.30. The van der Waals surface area contributed by atoms with Crippen LogP contribution in [0, 0.1) is 0 Å². The molecular weight excluding hydrogens is 274 g/mol. The molecule has 5 nitrogen and oxygen atoms in total. The smallest absolute Gasteiger partial charge is 0.274 e. The van der Waals surface area contributed by atoms with Crippen molar-refractivity contribution in [3.8, 4) is 5.75 Å². The molecule has 3 N–H and O–H groups in total. The number of methoxy groups -OCH3 is 1. The van der Waals surface area contributed by atoms with Gasteiger partial charge in [0, 0.05) is 23.5 Å². The molecule has 1 heterocycles. The molecule has 0 saturated carbocycles. The molecule has 0 aliphatic rings. The molecule has 0 fully saturated rings. The summed E-state index contributed by atoms with van der Waals surface area (Å²) >= 11 is 4.83. The largest absolute Gasteiger partial charge is 0.497 e. The van der Waals surface area contributed by atoms with Gasteiger partial charge >= 0.3 is 0 Å². The summed E-state index contributed by atoms with van der Waals surface area (Å²) in [5.74, 6) is 0.354. The molecule has 0 radical (unpaired) electrons. The van der Waals surface area contributed by atoms with Gasteiger partial charge in [-0.2, -0.15) is 0 Å². The second kappa shape index (κ2) is 6.12. The number of nitrogens with zero attached hydrogens (tertiary/aromatic N) is 1. The van der Waals surface area contributed by atoms with Gasteiger partial charge in [0.05, 0.1) is 7.11 Å². The Morgan fingerprint density at radius 1 is 1.35 bits per heavy atom. The van der Waals surface area contributed by atoms with E-state index in [1.165, 1.54) is 6.20 Å². The van der Waals surface area contributed by atoms with Crippen molar-refractivity contribution in [3.63, 3.8) is 0 Å². The van der Waals surface area contributed by atoms with Crippen molar-refractivity contribution in [2.24, 2.45) is 5.73 Å². The molecular formula is C14H13N3O2S. The molecule has 0 saturated heterocycles. The lowest BCUT2D eigenvalue weighted by Crippen LogP contribution is -2.15. The number of carbonyl (C=O) groups excluding carboxylic acids is 1. The molecule has 1 amide bonds. The van der Waals surface area contributed by atoms with Crippen LogP contribution in [0.5, 0.6) is 5.75 Å². The van der Waals surface area contributed by atoms with E-state index in [4.69, 9.17) is 22.7 Å². The molecule has 1 aromatic heterocycles. The number of hydrogen-bond acceptors (Lipinski definition) is 4. The maximum absolute atomic E-state index is 12.0. The van der Waals surface area contributed by atoms with E-state index < -0.39 is 0 Å². The minimum Gasteiger partial charge on any atom is -0.497 e. The molecule has 0 aliphatic heterocycles. The molecule has 0 spiro atoms. The number of anilines is 1. The average molecular weight is 287 g/mol. The predicted molar refractivity (Wildman–Crippen MR) is 81.1 cm³/mol. The van der Waals surface area contributed by atoms with Gasteiger partial charge in [0.2, 0.25) is 0 Å². The number of nitrogens with two attached hydrogens (primary N) is 1. The molecule has 0 bridgehead atoms. The number of rotatable bonds is 4. The third-order valence-corrected chi connectivity index (χ3v) is 2.84. The Labute approximate surface area is 121 Å². The summed E-state index contributed by atoms with van der Waals surface area (Å²) in [5.41, 5.74) is 7.01. The van der Waals surface area contributed by atoms with Crippen molar-refractivity contribution in [2.75, 3.05) is 12.4 Å². The van der Waals surface area contributed by atoms with Crippen LogP contribution in [-0.2, 0) is 0 Å². The van der Waals surface area contributed by atoms with Gasteiger partial charge in [-0.05, 0) is 24.3 Å². The lowest BCUT2D eigenvalue weighted by molar-refractivity contribution is 0.102. The molecule has 6 heteroatoms. The molecule has 2 rings (SSSR count). The number of aromatic nitrogens is 1. The first-order valence-electron chi connectivity index (χ1n) is 5.81. The zero-order chi connectivity index (χ0) is 14.5. The standard InChI is InChI=1S/C14H13N3O2S/c1-19-11-4-2-3-10(7-11)17-14(18)12-6-5-9(8-16-12)13(15)20/h2-8H,1H3,(H2,15,20)(H,17,18). The van der Waals surface area contributed by atoms with Gasteiger partial charge < -0.3 is 15.8 Å². The lowest BCUT2D eigenvalue weighted by atomic mass is 10.2. The number of pyridine rings is 1. The minimum atomic E-state index is -0.312. The zero-order valence-corrected chi connectivity index (χ0v) is 11.6. The zero-order valence-electron chi connectivity index (χ0n) is 10.8. The van der Waals surface area contributed by atoms with Crippen LogP contribution in [0.2, 0.25) is 0 Å². The summed E-state index contributed by atoms with van der Waals surface area (Å²) in [4.78, 5) is 16.3. The summed E-state index contributed by atoms with van der Waals surface area (Å²) < 4.78 is 5.09. The molecule has 102 valence electrons. The average Bonchev–Trinajstić information content (AvgIpc) is 2.47. The lowest BCUT2D eigenvalue weighted by Gasteiger charge is -2.07. The van der Waals surface area contributed by atoms with E-state index in [9.17, 15) is 4.79 Å². The van der Waals surface area contributed by atoms with E-state index in [1.807, 2.05) is 0 Å². The molecule has 2 aromatic rings. The number of amides is 1. The first-order chi connectivity index (χ1) is 9.60. The van der Waals surface area contributed by atoms with Crippen LogP contribution in [0.1, 0.15) is 16.1 Å². The van der Waals surface area contributed by atoms with Gasteiger partial charge in [0.15, 0.2) is 0 Å². The van der Waals surface area contributed by atoms with Crippen LogP contribution < -0.4 is 15.8 Å². The summed E-state index contributed by atoms with van der Waals surface area (Å²) in [5, 5.41) is 2.74. The minimum absolute atomic E-state index is 0.247. The monoisotopic (exact) mass is 287 g/mol. The molecule has 0 atom stereocenters. The van der Waals surface area contributed by atoms with Crippen molar-refractivity contribution in [1.82, 2.24) is 4.98 Å². The van der Waals surface area contributed by atoms with Gasteiger partial charge in [-0.3, -0.25) is 9.78 Å². The van der Waals surface area contributed by atoms with Crippen LogP contribution in [-0.4, -0.2) is 23.0 Å². The normalized spacial score (nSPS) is 9.85. The highest BCUT2D eigenvalue weighted by Gasteiger charge is 2.08. The predicted octanol–water partition coefficient (Wildman–Crippen LogP) is 1.98. The molecule has 0 aliphatic carbocycles. The Kier molecular flexibility index (Phi) is 4.27. The van der Waals surface area contributed by atoms with E-state index in [1.54, 1.807) is 43.5 Å². The fraction of sp³-hybridized carbons (Fsp3) is 0.0714. The maximum atomic E-state index is 12.0. The number of hydrogen-bond donors (Lipinski definition) is 2. The van der Waals surface area contributed by atoms with Gasteiger partial charge in [0.1, 0.15) is 16.4 Å². The van der Waals surface area contributed by atoms with Crippen LogP contribution in [0.3, 0.4) is 0 Å². The van der Waals surface area contributed by atoms with Gasteiger partial charge in [-0.1, -0.05) is 18.3 Å². The quantitative estimate of drug-likeness (QED) is 0.841. The summed E-state index contributed by atoms with van der Waals surface area (Å²) in [6.45, 7) is 0. The van der Waals surface area contributed by atoms with Crippen molar-refractivity contribution >= 4 is 28.8 Å². The van der Waals surface area contributed by atoms with Crippen molar-refractivity contribution < 1.29 is 9.53 Å². The summed E-state index contributed by atoms with van der Waals surface area (Å²) in [7, 11) is 1.57. The Morgan fingerprint density at radius 2 is 2.15 bits per heavy atom. The number of benzene rings is 1. The van der Waals surface area contributed by atoms with Crippen molar-refractivity contribution in [3.05, 3.63) is 53.9 Å².